The van der Waals surface area contributed by atoms with Crippen molar-refractivity contribution in [3.63, 3.8) is 0 Å². The lowest BCUT2D eigenvalue weighted by Crippen LogP contribution is -2.29. The van der Waals surface area contributed by atoms with Gasteiger partial charge in [0.25, 0.3) is 5.91 Å². The lowest BCUT2D eigenvalue weighted by Gasteiger charge is -2.20. The van der Waals surface area contributed by atoms with Crippen LogP contribution in [0.1, 0.15) is 27.4 Å². The number of nitrogens with one attached hydrogen (secondary N) is 2. The highest BCUT2D eigenvalue weighted by molar-refractivity contribution is 5.94. The first-order valence-corrected chi connectivity index (χ1v) is 11.4. The third-order valence-corrected chi connectivity index (χ3v) is 5.93. The van der Waals surface area contributed by atoms with Crippen LogP contribution in [0, 0.1) is 0 Å². The SMILES string of the molecule is COCCOc1cccc(C(=O)NCC(c2ccc(N(C)C)cc2)c2c[nH]c3ccccc23)c1. The summed E-state index contributed by atoms with van der Waals surface area (Å²) in [5.74, 6) is 0.515. The molecule has 0 saturated heterocycles. The van der Waals surface area contributed by atoms with Crippen molar-refractivity contribution >= 4 is 22.5 Å². The Kier molecular flexibility index (Phi) is 7.50. The molecule has 0 aliphatic rings. The number of amides is 1. The second-order valence-corrected chi connectivity index (χ2v) is 8.41. The van der Waals surface area contributed by atoms with E-state index in [1.165, 1.54) is 0 Å². The van der Waals surface area contributed by atoms with E-state index in [9.17, 15) is 4.79 Å². The number of ether oxygens (including phenoxy) is 2. The molecule has 6 nitrogen and oxygen atoms in total. The summed E-state index contributed by atoms with van der Waals surface area (Å²) < 4.78 is 10.7. The summed E-state index contributed by atoms with van der Waals surface area (Å²) >= 11 is 0. The number of nitrogens with zero attached hydrogens (tertiary/aromatic N) is 1. The molecule has 176 valence electrons. The number of hydrogen-bond donors (Lipinski definition) is 2. The Balaban J connectivity index is 1.57. The van der Waals surface area contributed by atoms with Crippen LogP contribution < -0.4 is 15.0 Å². The Morgan fingerprint density at radius 3 is 2.56 bits per heavy atom. The zero-order chi connectivity index (χ0) is 23.9. The Morgan fingerprint density at radius 2 is 1.79 bits per heavy atom. The third-order valence-electron chi connectivity index (χ3n) is 5.93. The van der Waals surface area contributed by atoms with Gasteiger partial charge in [-0.1, -0.05) is 36.4 Å². The van der Waals surface area contributed by atoms with Crippen LogP contribution in [0.2, 0.25) is 0 Å². The van der Waals surface area contributed by atoms with E-state index in [0.29, 0.717) is 31.1 Å². The summed E-state index contributed by atoms with van der Waals surface area (Å²) in [5.41, 5.74) is 5.09. The van der Waals surface area contributed by atoms with Crippen molar-refractivity contribution in [1.82, 2.24) is 10.3 Å². The van der Waals surface area contributed by atoms with E-state index in [1.54, 1.807) is 19.2 Å². The smallest absolute Gasteiger partial charge is 0.251 e. The van der Waals surface area contributed by atoms with Crippen LogP contribution in [-0.2, 0) is 4.74 Å². The van der Waals surface area contributed by atoms with Gasteiger partial charge in [-0.2, -0.15) is 0 Å². The van der Waals surface area contributed by atoms with Crippen LogP contribution >= 0.6 is 0 Å². The molecule has 1 atom stereocenters. The van der Waals surface area contributed by atoms with E-state index in [-0.39, 0.29) is 11.8 Å². The van der Waals surface area contributed by atoms with Gasteiger partial charge in [-0.15, -0.1) is 0 Å². The van der Waals surface area contributed by atoms with Gasteiger partial charge in [0.2, 0.25) is 0 Å². The van der Waals surface area contributed by atoms with Crippen molar-refractivity contribution in [3.05, 3.63) is 95.7 Å². The molecule has 4 aromatic rings. The van der Waals surface area contributed by atoms with Gasteiger partial charge in [-0.25, -0.2) is 0 Å². The topological polar surface area (TPSA) is 66.6 Å². The Hall–Kier alpha value is -3.77. The van der Waals surface area contributed by atoms with Crippen molar-refractivity contribution in [1.29, 1.82) is 0 Å². The zero-order valence-corrected chi connectivity index (χ0v) is 19.9. The minimum Gasteiger partial charge on any atom is -0.491 e. The van der Waals surface area contributed by atoms with Crippen molar-refractivity contribution < 1.29 is 14.3 Å². The quantitative estimate of drug-likeness (QED) is 0.335. The van der Waals surface area contributed by atoms with Gasteiger partial charge < -0.3 is 24.7 Å². The predicted molar refractivity (Wildman–Crippen MR) is 137 cm³/mol. The molecule has 0 aliphatic heterocycles. The van der Waals surface area contributed by atoms with Crippen LogP contribution in [0.25, 0.3) is 10.9 Å². The van der Waals surface area contributed by atoms with Crippen LogP contribution in [0.5, 0.6) is 5.75 Å². The molecule has 0 saturated carbocycles. The highest BCUT2D eigenvalue weighted by Crippen LogP contribution is 2.31. The highest BCUT2D eigenvalue weighted by atomic mass is 16.5. The summed E-state index contributed by atoms with van der Waals surface area (Å²) in [6.07, 6.45) is 2.05. The molecule has 3 aromatic carbocycles. The molecule has 2 N–H and O–H groups in total. The molecule has 1 amide bonds. The van der Waals surface area contributed by atoms with Crippen LogP contribution in [-0.4, -0.2) is 51.9 Å². The van der Waals surface area contributed by atoms with Crippen molar-refractivity contribution in [2.45, 2.75) is 5.92 Å². The first-order chi connectivity index (χ1) is 16.6. The fraction of sp³-hybridized carbons (Fsp3) is 0.250. The fourth-order valence-corrected chi connectivity index (χ4v) is 4.06. The molecular formula is C28H31N3O3. The first kappa shape index (κ1) is 23.4. The van der Waals surface area contributed by atoms with Crippen LogP contribution in [0.4, 0.5) is 5.69 Å². The van der Waals surface area contributed by atoms with E-state index in [1.807, 2.05) is 44.6 Å². The lowest BCUT2D eigenvalue weighted by atomic mass is 9.90. The number of para-hydroxylation sites is 1. The van der Waals surface area contributed by atoms with E-state index >= 15 is 0 Å². The van der Waals surface area contributed by atoms with Gasteiger partial charge in [0, 0.05) is 62.0 Å². The lowest BCUT2D eigenvalue weighted by molar-refractivity contribution is 0.0951. The molecule has 0 radical (unpaired) electrons. The van der Waals surface area contributed by atoms with Crippen LogP contribution in [0.3, 0.4) is 0 Å². The summed E-state index contributed by atoms with van der Waals surface area (Å²) in [6, 6.07) is 24.0. The number of benzene rings is 3. The molecule has 1 heterocycles. The van der Waals surface area contributed by atoms with Gasteiger partial charge in [-0.3, -0.25) is 4.79 Å². The monoisotopic (exact) mass is 457 g/mol. The molecular weight excluding hydrogens is 426 g/mol. The van der Waals surface area contributed by atoms with E-state index in [2.05, 4.69) is 51.6 Å². The largest absolute Gasteiger partial charge is 0.491 e. The molecule has 6 heteroatoms. The number of fused-ring (bicyclic) bond motifs is 1. The molecule has 34 heavy (non-hydrogen) atoms. The van der Waals surface area contributed by atoms with Crippen molar-refractivity contribution in [2.24, 2.45) is 0 Å². The van der Waals surface area contributed by atoms with Gasteiger partial charge in [0.1, 0.15) is 12.4 Å². The number of anilines is 1. The Labute approximate surface area is 200 Å². The summed E-state index contributed by atoms with van der Waals surface area (Å²) in [7, 11) is 5.68. The molecule has 1 aromatic heterocycles. The van der Waals surface area contributed by atoms with Crippen LogP contribution in [0.15, 0.2) is 79.0 Å². The van der Waals surface area contributed by atoms with E-state index in [0.717, 1.165) is 27.7 Å². The normalized spacial score (nSPS) is 11.9. The second kappa shape index (κ2) is 10.9. The minimum absolute atomic E-state index is 0.00236. The molecule has 0 bridgehead atoms. The van der Waals surface area contributed by atoms with E-state index in [4.69, 9.17) is 9.47 Å². The average molecular weight is 458 g/mol. The van der Waals surface area contributed by atoms with Gasteiger partial charge >= 0.3 is 0 Å². The van der Waals surface area contributed by atoms with Crippen molar-refractivity contribution in [3.8, 4) is 5.75 Å². The Bertz CT molecular complexity index is 1230. The number of carbonyl (C=O) groups is 1. The predicted octanol–water partition coefficient (Wildman–Crippen LogP) is 4.82. The maximum Gasteiger partial charge on any atom is 0.251 e. The summed E-state index contributed by atoms with van der Waals surface area (Å²) in [5, 5.41) is 4.30. The third kappa shape index (κ3) is 5.41. The summed E-state index contributed by atoms with van der Waals surface area (Å²) in [4.78, 5) is 18.5. The average Bonchev–Trinajstić information content (AvgIpc) is 3.29. The number of aromatic amines is 1. The number of aromatic nitrogens is 1. The maximum absolute atomic E-state index is 13.0. The molecule has 0 aliphatic carbocycles. The molecule has 0 spiro atoms. The fourth-order valence-electron chi connectivity index (χ4n) is 4.06. The standard InChI is InChI=1S/C28H31N3O3/c1-31(2)22-13-11-20(12-14-22)25(26-19-29-27-10-5-4-9-24(26)27)18-30-28(32)21-7-6-8-23(17-21)34-16-15-33-3/h4-14,17,19,25,29H,15-16,18H2,1-3H3,(H,30,32). The van der Waals surface area contributed by atoms with E-state index < -0.39 is 0 Å². The minimum atomic E-state index is -0.132. The number of rotatable bonds is 10. The van der Waals surface area contributed by atoms with Gasteiger partial charge in [0.05, 0.1) is 6.61 Å². The molecule has 1 unspecified atom stereocenters. The van der Waals surface area contributed by atoms with Gasteiger partial charge in [0.15, 0.2) is 0 Å². The first-order valence-electron chi connectivity index (χ1n) is 11.4. The number of hydrogen-bond acceptors (Lipinski definition) is 4. The zero-order valence-electron chi connectivity index (χ0n) is 19.9. The maximum atomic E-state index is 13.0. The van der Waals surface area contributed by atoms with Crippen molar-refractivity contribution in [2.75, 3.05) is 45.9 Å². The second-order valence-electron chi connectivity index (χ2n) is 8.41. The number of methoxy groups -OCH3 is 1. The molecule has 0 fully saturated rings. The van der Waals surface area contributed by atoms with Gasteiger partial charge in [-0.05, 0) is 47.5 Å². The number of carbonyl (C=O) groups excluding carboxylic acids is 1. The number of H-pyrrole nitrogens is 1. The Morgan fingerprint density at radius 1 is 1.00 bits per heavy atom. The summed E-state index contributed by atoms with van der Waals surface area (Å²) in [6.45, 7) is 1.40. The molecule has 4 rings (SSSR count). The highest BCUT2D eigenvalue weighted by Gasteiger charge is 2.20.